The van der Waals surface area contributed by atoms with Gasteiger partial charge in [0.15, 0.2) is 5.78 Å². The van der Waals surface area contributed by atoms with Crippen molar-refractivity contribution < 1.29 is 18.7 Å². The zero-order valence-electron chi connectivity index (χ0n) is 15.1. The molecule has 2 saturated heterocycles. The minimum absolute atomic E-state index is 0.0632. The Morgan fingerprint density at radius 2 is 2.12 bits per heavy atom. The minimum Gasteiger partial charge on any atom is -0.468 e. The Hall–Kier alpha value is -1.27. The first kappa shape index (κ1) is 18.1. The third-order valence-corrected chi connectivity index (χ3v) is 7.20. The largest absolute Gasteiger partial charge is 0.468 e. The second kappa shape index (κ2) is 8.17. The zero-order chi connectivity index (χ0) is 17.9. The number of carbonyl (C=O) groups is 2. The van der Waals surface area contributed by atoms with Crippen molar-refractivity contribution in [3.63, 3.8) is 0 Å². The van der Waals surface area contributed by atoms with Gasteiger partial charge in [-0.2, -0.15) is 0 Å². The predicted octanol–water partition coefficient (Wildman–Crippen LogP) is 3.42. The number of hydrogen-bond donors (Lipinski definition) is 0. The highest BCUT2D eigenvalue weighted by atomic mass is 32.2. The number of hydrogen-bond acceptors (Lipinski definition) is 5. The molecule has 3 atom stereocenters. The lowest BCUT2D eigenvalue weighted by Gasteiger charge is -2.30. The van der Waals surface area contributed by atoms with Crippen LogP contribution < -0.4 is 0 Å². The Kier molecular flexibility index (Phi) is 5.69. The number of thioether (sulfide) groups is 1. The van der Waals surface area contributed by atoms with Crippen LogP contribution in [-0.2, 0) is 20.1 Å². The number of likely N-dealkylation sites (tertiary alicyclic amines) is 1. The molecule has 0 aromatic carbocycles. The van der Waals surface area contributed by atoms with Crippen molar-refractivity contribution in [1.29, 1.82) is 0 Å². The molecule has 1 aliphatic carbocycles. The summed E-state index contributed by atoms with van der Waals surface area (Å²) in [6.07, 6.45) is 9.58. The topological polar surface area (TPSA) is 59.8 Å². The van der Waals surface area contributed by atoms with Gasteiger partial charge in [0.2, 0.25) is 5.91 Å². The molecule has 1 amide bonds. The fourth-order valence-corrected chi connectivity index (χ4v) is 5.79. The summed E-state index contributed by atoms with van der Waals surface area (Å²) in [6, 6.07) is 3.49. The standard InChI is InChI=1S/C20H27NO4S/c22-16-12-25-17-8-9-21(19(16)17)20(23)18(11-14-5-2-1-3-6-14)26-13-15-7-4-10-24-15/h4,7,10,14,17-19H,1-3,5-6,8-9,11-13H2. The predicted molar refractivity (Wildman–Crippen MR) is 99.8 cm³/mol. The van der Waals surface area contributed by atoms with Crippen molar-refractivity contribution >= 4 is 23.5 Å². The van der Waals surface area contributed by atoms with Crippen LogP contribution >= 0.6 is 11.8 Å². The van der Waals surface area contributed by atoms with Gasteiger partial charge in [0.25, 0.3) is 0 Å². The lowest BCUT2D eigenvalue weighted by Crippen LogP contribution is -2.46. The zero-order valence-corrected chi connectivity index (χ0v) is 15.9. The van der Waals surface area contributed by atoms with Crippen LogP contribution in [0.3, 0.4) is 0 Å². The molecule has 1 saturated carbocycles. The Morgan fingerprint density at radius 1 is 1.27 bits per heavy atom. The molecule has 1 aromatic heterocycles. The lowest BCUT2D eigenvalue weighted by atomic mass is 9.86. The summed E-state index contributed by atoms with van der Waals surface area (Å²) in [5.41, 5.74) is 0. The van der Waals surface area contributed by atoms with Crippen LogP contribution in [0.5, 0.6) is 0 Å². The van der Waals surface area contributed by atoms with E-state index in [1.54, 1.807) is 18.0 Å². The molecule has 4 rings (SSSR count). The molecule has 1 aromatic rings. The highest BCUT2D eigenvalue weighted by molar-refractivity contribution is 7.99. The number of Topliss-reactive ketones (excluding diaryl/α,β-unsaturated/α-hetero) is 1. The maximum absolute atomic E-state index is 13.3. The average molecular weight is 378 g/mol. The van der Waals surface area contributed by atoms with E-state index < -0.39 is 0 Å². The fraction of sp³-hybridized carbons (Fsp3) is 0.700. The number of fused-ring (bicyclic) bond motifs is 1. The minimum atomic E-state index is -0.347. The molecule has 26 heavy (non-hydrogen) atoms. The maximum atomic E-state index is 13.3. The van der Waals surface area contributed by atoms with Gasteiger partial charge >= 0.3 is 0 Å². The van der Waals surface area contributed by atoms with Gasteiger partial charge in [0.05, 0.1) is 23.4 Å². The van der Waals surface area contributed by atoms with E-state index in [2.05, 4.69) is 0 Å². The molecule has 2 aliphatic heterocycles. The molecule has 142 valence electrons. The van der Waals surface area contributed by atoms with Crippen molar-refractivity contribution in [3.8, 4) is 0 Å². The number of ether oxygens (including phenoxy) is 1. The van der Waals surface area contributed by atoms with Crippen molar-refractivity contribution in [3.05, 3.63) is 24.2 Å². The fourth-order valence-electron chi connectivity index (χ4n) is 4.57. The molecule has 3 unspecified atom stereocenters. The molecule has 5 nitrogen and oxygen atoms in total. The van der Waals surface area contributed by atoms with E-state index in [9.17, 15) is 9.59 Å². The molecule has 0 spiro atoms. The van der Waals surface area contributed by atoms with E-state index in [-0.39, 0.29) is 35.7 Å². The van der Waals surface area contributed by atoms with E-state index in [0.717, 1.165) is 18.6 Å². The number of furan rings is 1. The molecule has 6 heteroatoms. The van der Waals surface area contributed by atoms with Crippen LogP contribution in [-0.4, -0.2) is 47.1 Å². The highest BCUT2D eigenvalue weighted by Gasteiger charge is 2.48. The van der Waals surface area contributed by atoms with Crippen LogP contribution in [0.1, 0.15) is 50.7 Å². The number of amides is 1. The summed E-state index contributed by atoms with van der Waals surface area (Å²) in [5.74, 6) is 2.40. The van der Waals surface area contributed by atoms with Gasteiger partial charge in [-0.1, -0.05) is 32.1 Å². The maximum Gasteiger partial charge on any atom is 0.236 e. The van der Waals surface area contributed by atoms with Gasteiger partial charge in [0, 0.05) is 6.54 Å². The monoisotopic (exact) mass is 377 g/mol. The first-order valence-corrected chi connectivity index (χ1v) is 10.9. The Balaban J connectivity index is 1.45. The van der Waals surface area contributed by atoms with Crippen LogP contribution in [0.2, 0.25) is 0 Å². The first-order chi connectivity index (χ1) is 12.7. The van der Waals surface area contributed by atoms with Gasteiger partial charge in [0.1, 0.15) is 18.4 Å². The van der Waals surface area contributed by atoms with Gasteiger partial charge in [-0.05, 0) is 30.9 Å². The van der Waals surface area contributed by atoms with Gasteiger partial charge in [-0.3, -0.25) is 9.59 Å². The molecular formula is C20H27NO4S. The third kappa shape index (κ3) is 3.86. The average Bonchev–Trinajstić information content (AvgIpc) is 3.39. The van der Waals surface area contributed by atoms with E-state index in [4.69, 9.17) is 9.15 Å². The highest BCUT2D eigenvalue weighted by Crippen LogP contribution is 2.35. The molecule has 0 N–H and O–H groups in total. The van der Waals surface area contributed by atoms with E-state index >= 15 is 0 Å². The van der Waals surface area contributed by atoms with Gasteiger partial charge in [-0.15, -0.1) is 11.8 Å². The lowest BCUT2D eigenvalue weighted by molar-refractivity contribution is -0.136. The van der Waals surface area contributed by atoms with E-state index in [0.29, 0.717) is 18.2 Å². The van der Waals surface area contributed by atoms with Crippen LogP contribution in [0.4, 0.5) is 0 Å². The van der Waals surface area contributed by atoms with Crippen molar-refractivity contribution in [2.75, 3.05) is 13.2 Å². The summed E-state index contributed by atoms with van der Waals surface area (Å²) in [7, 11) is 0. The number of ketones is 1. The Morgan fingerprint density at radius 3 is 2.88 bits per heavy atom. The first-order valence-electron chi connectivity index (χ1n) is 9.81. The normalized spacial score (nSPS) is 27.7. The molecule has 3 aliphatic rings. The van der Waals surface area contributed by atoms with E-state index in [1.807, 2.05) is 17.0 Å². The summed E-state index contributed by atoms with van der Waals surface area (Å²) in [6.45, 7) is 0.800. The third-order valence-electron chi connectivity index (χ3n) is 5.95. The summed E-state index contributed by atoms with van der Waals surface area (Å²) >= 11 is 1.67. The molecular weight excluding hydrogens is 350 g/mol. The summed E-state index contributed by atoms with van der Waals surface area (Å²) < 4.78 is 11.0. The molecule has 0 bridgehead atoms. The summed E-state index contributed by atoms with van der Waals surface area (Å²) in [4.78, 5) is 27.3. The SMILES string of the molecule is O=C1COC2CCN(C(=O)C(CC3CCCCC3)SCc3ccco3)C12. The molecule has 0 radical (unpaired) electrons. The Bertz CT molecular complexity index is 626. The molecule has 3 heterocycles. The van der Waals surface area contributed by atoms with Gasteiger partial charge < -0.3 is 14.1 Å². The number of carbonyl (C=O) groups excluding carboxylic acids is 2. The van der Waals surface area contributed by atoms with Gasteiger partial charge in [-0.25, -0.2) is 0 Å². The van der Waals surface area contributed by atoms with Crippen molar-refractivity contribution in [2.45, 2.75) is 68.1 Å². The quantitative estimate of drug-likeness (QED) is 0.760. The van der Waals surface area contributed by atoms with Crippen LogP contribution in [0, 0.1) is 5.92 Å². The van der Waals surface area contributed by atoms with Crippen molar-refractivity contribution in [2.24, 2.45) is 5.92 Å². The molecule has 3 fully saturated rings. The van der Waals surface area contributed by atoms with E-state index in [1.165, 1.54) is 32.1 Å². The Labute approximate surface area is 158 Å². The number of nitrogens with zero attached hydrogens (tertiary/aromatic N) is 1. The smallest absolute Gasteiger partial charge is 0.236 e. The number of rotatable bonds is 6. The second-order valence-corrected chi connectivity index (χ2v) is 8.89. The second-order valence-electron chi connectivity index (χ2n) is 7.70. The summed E-state index contributed by atoms with van der Waals surface area (Å²) in [5, 5.41) is -0.102. The van der Waals surface area contributed by atoms with Crippen LogP contribution in [0.25, 0.3) is 0 Å². The van der Waals surface area contributed by atoms with Crippen molar-refractivity contribution in [1.82, 2.24) is 4.90 Å². The van der Waals surface area contributed by atoms with Crippen LogP contribution in [0.15, 0.2) is 22.8 Å².